The molecule has 1 aliphatic carbocycles. The minimum atomic E-state index is -0.191. The van der Waals surface area contributed by atoms with Gasteiger partial charge in [0.2, 0.25) is 5.75 Å². The van der Waals surface area contributed by atoms with Crippen LogP contribution in [-0.4, -0.2) is 32.7 Å². The molecule has 1 unspecified atom stereocenters. The van der Waals surface area contributed by atoms with Crippen LogP contribution in [0, 0.1) is 5.92 Å². The van der Waals surface area contributed by atoms with Crippen molar-refractivity contribution in [2.45, 2.75) is 25.5 Å². The van der Waals surface area contributed by atoms with Gasteiger partial charge in [0, 0.05) is 18.2 Å². The second-order valence-corrected chi connectivity index (χ2v) is 6.64. The van der Waals surface area contributed by atoms with Crippen molar-refractivity contribution < 1.29 is 19.0 Å². The molecular formula is C21H26N2O4. The van der Waals surface area contributed by atoms with Gasteiger partial charge >= 0.3 is 0 Å². The Balaban J connectivity index is 1.79. The largest absolute Gasteiger partial charge is 0.493 e. The van der Waals surface area contributed by atoms with E-state index in [1.807, 2.05) is 30.3 Å². The highest BCUT2D eigenvalue weighted by Crippen LogP contribution is 2.39. The first-order valence-corrected chi connectivity index (χ1v) is 9.10. The molecule has 0 radical (unpaired) electrons. The van der Waals surface area contributed by atoms with Crippen LogP contribution in [-0.2, 0) is 6.61 Å². The maximum absolute atomic E-state index is 12.7. The summed E-state index contributed by atoms with van der Waals surface area (Å²) in [7, 11) is 3.08. The fourth-order valence-corrected chi connectivity index (χ4v) is 3.00. The van der Waals surface area contributed by atoms with Crippen molar-refractivity contribution in [3.8, 4) is 17.2 Å². The number of nitrogens with one attached hydrogen (secondary N) is 1. The molecule has 3 rings (SSSR count). The summed E-state index contributed by atoms with van der Waals surface area (Å²) >= 11 is 0. The van der Waals surface area contributed by atoms with Crippen LogP contribution in [0.2, 0.25) is 0 Å². The number of rotatable bonds is 9. The van der Waals surface area contributed by atoms with Crippen LogP contribution >= 0.6 is 0 Å². The van der Waals surface area contributed by atoms with Crippen molar-refractivity contribution in [3.63, 3.8) is 0 Å². The smallest absolute Gasteiger partial charge is 0.251 e. The lowest BCUT2D eigenvalue weighted by molar-refractivity contribution is 0.0932. The van der Waals surface area contributed by atoms with Crippen LogP contribution in [0.25, 0.3) is 0 Å². The molecular weight excluding hydrogens is 344 g/mol. The van der Waals surface area contributed by atoms with Gasteiger partial charge in [0.15, 0.2) is 11.5 Å². The maximum atomic E-state index is 12.7. The minimum Gasteiger partial charge on any atom is -0.493 e. The fourth-order valence-electron chi connectivity index (χ4n) is 3.00. The second-order valence-electron chi connectivity index (χ2n) is 6.64. The van der Waals surface area contributed by atoms with Crippen molar-refractivity contribution in [2.24, 2.45) is 11.7 Å². The molecule has 0 aromatic heterocycles. The molecule has 1 saturated carbocycles. The van der Waals surface area contributed by atoms with Gasteiger partial charge in [0.1, 0.15) is 6.61 Å². The topological polar surface area (TPSA) is 82.8 Å². The average Bonchev–Trinajstić information content (AvgIpc) is 3.55. The van der Waals surface area contributed by atoms with Gasteiger partial charge < -0.3 is 25.3 Å². The summed E-state index contributed by atoms with van der Waals surface area (Å²) in [6.45, 7) is 0.805. The first-order chi connectivity index (χ1) is 13.2. The van der Waals surface area contributed by atoms with Gasteiger partial charge in [-0.15, -0.1) is 0 Å². The number of carbonyl (C=O) groups excluding carboxylic acids is 1. The molecule has 0 spiro atoms. The van der Waals surface area contributed by atoms with Gasteiger partial charge in [-0.1, -0.05) is 30.3 Å². The minimum absolute atomic E-state index is 0.00324. The van der Waals surface area contributed by atoms with Crippen LogP contribution in [0.4, 0.5) is 0 Å². The van der Waals surface area contributed by atoms with E-state index >= 15 is 0 Å². The molecule has 144 valence electrons. The molecule has 6 heteroatoms. The molecule has 1 amide bonds. The lowest BCUT2D eigenvalue weighted by Crippen LogP contribution is -2.41. The Kier molecular flexibility index (Phi) is 6.19. The molecule has 0 saturated heterocycles. The second kappa shape index (κ2) is 8.77. The van der Waals surface area contributed by atoms with Gasteiger partial charge in [-0.2, -0.15) is 0 Å². The van der Waals surface area contributed by atoms with Crippen molar-refractivity contribution in [2.75, 3.05) is 20.8 Å². The molecule has 1 fully saturated rings. The lowest BCUT2D eigenvalue weighted by atomic mass is 10.1. The number of hydrogen-bond acceptors (Lipinski definition) is 5. The van der Waals surface area contributed by atoms with Gasteiger partial charge in [0.05, 0.1) is 14.2 Å². The van der Waals surface area contributed by atoms with Gasteiger partial charge in [-0.05, 0) is 36.5 Å². The van der Waals surface area contributed by atoms with E-state index in [0.29, 0.717) is 41.9 Å². The van der Waals surface area contributed by atoms with E-state index in [1.54, 1.807) is 26.4 Å². The monoisotopic (exact) mass is 370 g/mol. The van der Waals surface area contributed by atoms with Crippen molar-refractivity contribution >= 4 is 5.91 Å². The Morgan fingerprint density at radius 1 is 1.15 bits per heavy atom. The summed E-state index contributed by atoms with van der Waals surface area (Å²) in [5.41, 5.74) is 7.27. The highest BCUT2D eigenvalue weighted by molar-refractivity contribution is 5.95. The predicted molar refractivity (Wildman–Crippen MR) is 103 cm³/mol. The highest BCUT2D eigenvalue weighted by atomic mass is 16.5. The van der Waals surface area contributed by atoms with Crippen LogP contribution in [0.5, 0.6) is 17.2 Å². The fraction of sp³-hybridized carbons (Fsp3) is 0.381. The van der Waals surface area contributed by atoms with Gasteiger partial charge in [0.25, 0.3) is 5.91 Å². The Morgan fingerprint density at radius 3 is 2.30 bits per heavy atom. The zero-order valence-electron chi connectivity index (χ0n) is 15.7. The first-order valence-electron chi connectivity index (χ1n) is 9.10. The van der Waals surface area contributed by atoms with Crippen molar-refractivity contribution in [3.05, 3.63) is 53.6 Å². The number of benzene rings is 2. The zero-order valence-corrected chi connectivity index (χ0v) is 15.7. The Bertz CT molecular complexity index is 750. The molecule has 0 heterocycles. The Hall–Kier alpha value is -2.73. The van der Waals surface area contributed by atoms with E-state index in [1.165, 1.54) is 0 Å². The van der Waals surface area contributed by atoms with E-state index in [4.69, 9.17) is 19.9 Å². The third-order valence-corrected chi connectivity index (χ3v) is 4.71. The third-order valence-electron chi connectivity index (χ3n) is 4.71. The van der Waals surface area contributed by atoms with E-state index in [0.717, 1.165) is 18.4 Å². The number of hydrogen-bond donors (Lipinski definition) is 2. The summed E-state index contributed by atoms with van der Waals surface area (Å²) in [5, 5.41) is 3.01. The Morgan fingerprint density at radius 2 is 1.78 bits per heavy atom. The molecule has 0 aliphatic heterocycles. The van der Waals surface area contributed by atoms with E-state index < -0.39 is 0 Å². The molecule has 1 atom stereocenters. The standard InChI is InChI=1S/C21H26N2O4/c1-25-18-10-16(21(24)23-17(12-22)15-8-9-15)11-19(26-2)20(18)27-13-14-6-4-3-5-7-14/h3-7,10-11,15,17H,8-9,12-13,22H2,1-2H3,(H,23,24). The van der Waals surface area contributed by atoms with E-state index in [9.17, 15) is 4.79 Å². The molecule has 2 aromatic carbocycles. The third kappa shape index (κ3) is 4.71. The van der Waals surface area contributed by atoms with Crippen molar-refractivity contribution in [1.82, 2.24) is 5.32 Å². The van der Waals surface area contributed by atoms with Gasteiger partial charge in [-0.3, -0.25) is 4.79 Å². The maximum Gasteiger partial charge on any atom is 0.251 e. The average molecular weight is 370 g/mol. The van der Waals surface area contributed by atoms with Crippen LogP contribution in [0.3, 0.4) is 0 Å². The highest BCUT2D eigenvalue weighted by Gasteiger charge is 2.31. The van der Waals surface area contributed by atoms with E-state index in [2.05, 4.69) is 5.32 Å². The number of ether oxygens (including phenoxy) is 3. The SMILES string of the molecule is COc1cc(C(=O)NC(CN)C2CC2)cc(OC)c1OCc1ccccc1. The quantitative estimate of drug-likeness (QED) is 0.709. The summed E-state index contributed by atoms with van der Waals surface area (Å²) in [5.74, 6) is 1.66. The number of nitrogens with two attached hydrogens (primary N) is 1. The molecule has 6 nitrogen and oxygen atoms in total. The summed E-state index contributed by atoms with van der Waals surface area (Å²) in [4.78, 5) is 12.7. The molecule has 2 aromatic rings. The number of methoxy groups -OCH3 is 2. The van der Waals surface area contributed by atoms with Crippen LogP contribution < -0.4 is 25.3 Å². The summed E-state index contributed by atoms with van der Waals surface area (Å²) in [6.07, 6.45) is 2.22. The number of amides is 1. The first kappa shape index (κ1) is 19.0. The van der Waals surface area contributed by atoms with Gasteiger partial charge in [-0.25, -0.2) is 0 Å². The summed E-state index contributed by atoms with van der Waals surface area (Å²) in [6, 6.07) is 13.1. The number of carbonyl (C=O) groups is 1. The summed E-state index contributed by atoms with van der Waals surface area (Å²) < 4.78 is 16.8. The lowest BCUT2D eigenvalue weighted by Gasteiger charge is -2.18. The molecule has 27 heavy (non-hydrogen) atoms. The Labute approximate surface area is 159 Å². The zero-order chi connectivity index (χ0) is 19.2. The van der Waals surface area contributed by atoms with Crippen molar-refractivity contribution in [1.29, 1.82) is 0 Å². The predicted octanol–water partition coefficient (Wildman–Crippen LogP) is 2.75. The van der Waals surface area contributed by atoms with Crippen LogP contribution in [0.15, 0.2) is 42.5 Å². The molecule has 3 N–H and O–H groups in total. The molecule has 1 aliphatic rings. The van der Waals surface area contributed by atoms with E-state index in [-0.39, 0.29) is 11.9 Å². The van der Waals surface area contributed by atoms with Crippen LogP contribution in [0.1, 0.15) is 28.8 Å². The molecule has 0 bridgehead atoms. The normalized spacial score (nSPS) is 14.3.